The molecule has 0 bridgehead atoms. The lowest BCUT2D eigenvalue weighted by Gasteiger charge is -2.14. The Bertz CT molecular complexity index is 1030. The van der Waals surface area contributed by atoms with Crippen LogP contribution in [-0.2, 0) is 7.05 Å². The number of fused-ring (bicyclic) bond motifs is 1. The number of anilines is 3. The molecule has 1 aromatic carbocycles. The summed E-state index contributed by atoms with van der Waals surface area (Å²) < 4.78 is 3.86. The molecule has 25 heavy (non-hydrogen) atoms. The van der Waals surface area contributed by atoms with E-state index in [2.05, 4.69) is 44.7 Å². The van der Waals surface area contributed by atoms with Crippen LogP contribution >= 0.6 is 0 Å². The summed E-state index contributed by atoms with van der Waals surface area (Å²) in [6.45, 7) is 0. The zero-order chi connectivity index (χ0) is 17.4. The Morgan fingerprint density at radius 2 is 2.00 bits per heavy atom. The van der Waals surface area contributed by atoms with Crippen molar-refractivity contribution < 1.29 is 0 Å². The predicted molar refractivity (Wildman–Crippen MR) is 101 cm³/mol. The van der Waals surface area contributed by atoms with Crippen molar-refractivity contribution in [2.24, 2.45) is 7.05 Å². The molecule has 0 radical (unpaired) electrons. The summed E-state index contributed by atoms with van der Waals surface area (Å²) in [7, 11) is 6.07. The number of nitrogens with one attached hydrogen (secondary N) is 1. The molecular formula is C19H20N6. The molecule has 0 aliphatic rings. The average molecular weight is 332 g/mol. The summed E-state index contributed by atoms with van der Waals surface area (Å²) in [5.74, 6) is 0.878. The first-order chi connectivity index (χ1) is 12.1. The smallest absolute Gasteiger partial charge is 0.165 e. The number of rotatable bonds is 4. The van der Waals surface area contributed by atoms with Gasteiger partial charge in [0.2, 0.25) is 0 Å². The highest BCUT2D eigenvalue weighted by Gasteiger charge is 2.11. The molecule has 1 N–H and O–H groups in total. The minimum absolute atomic E-state index is 0.833. The Morgan fingerprint density at radius 3 is 2.76 bits per heavy atom. The fourth-order valence-electron chi connectivity index (χ4n) is 2.86. The Balaban J connectivity index is 1.74. The van der Waals surface area contributed by atoms with Crippen LogP contribution in [0.3, 0.4) is 0 Å². The summed E-state index contributed by atoms with van der Waals surface area (Å²) in [6, 6.07) is 12.3. The largest absolute Gasteiger partial charge is 0.378 e. The van der Waals surface area contributed by atoms with Gasteiger partial charge < -0.3 is 14.8 Å². The molecule has 0 spiro atoms. The van der Waals surface area contributed by atoms with Gasteiger partial charge in [-0.3, -0.25) is 0 Å². The minimum Gasteiger partial charge on any atom is -0.378 e. The van der Waals surface area contributed by atoms with E-state index in [4.69, 9.17) is 0 Å². The molecule has 0 fully saturated rings. The average Bonchev–Trinajstić information content (AvgIpc) is 3.21. The van der Waals surface area contributed by atoms with Crippen molar-refractivity contribution in [3.05, 3.63) is 61.2 Å². The quantitative estimate of drug-likeness (QED) is 0.621. The van der Waals surface area contributed by atoms with Crippen molar-refractivity contribution >= 4 is 22.8 Å². The van der Waals surface area contributed by atoms with Crippen LogP contribution in [0.1, 0.15) is 0 Å². The maximum atomic E-state index is 4.53. The molecule has 126 valence electrons. The van der Waals surface area contributed by atoms with E-state index in [-0.39, 0.29) is 0 Å². The second kappa shape index (κ2) is 5.98. The van der Waals surface area contributed by atoms with Crippen molar-refractivity contribution in [3.8, 4) is 11.1 Å². The number of aromatic nitrogens is 4. The summed E-state index contributed by atoms with van der Waals surface area (Å²) in [4.78, 5) is 6.60. The highest BCUT2D eigenvalue weighted by molar-refractivity contribution is 5.78. The lowest BCUT2D eigenvalue weighted by atomic mass is 10.2. The lowest BCUT2D eigenvalue weighted by Crippen LogP contribution is -2.08. The van der Waals surface area contributed by atoms with Gasteiger partial charge in [0, 0.05) is 62.2 Å². The van der Waals surface area contributed by atoms with E-state index in [0.29, 0.717) is 0 Å². The van der Waals surface area contributed by atoms with Crippen LogP contribution in [-0.4, -0.2) is 33.3 Å². The molecule has 4 rings (SSSR count). The monoisotopic (exact) mass is 332 g/mol. The summed E-state index contributed by atoms with van der Waals surface area (Å²) in [5.41, 5.74) is 5.11. The SMILES string of the molecule is CN(C)c1cccc(Nc2ccnc3c(-c4ccn(C)c4)cnn23)c1. The Labute approximate surface area is 146 Å². The topological polar surface area (TPSA) is 50.4 Å². The third-order valence-corrected chi connectivity index (χ3v) is 4.18. The van der Waals surface area contributed by atoms with Crippen LogP contribution in [0.5, 0.6) is 0 Å². The molecule has 3 aromatic heterocycles. The third-order valence-electron chi connectivity index (χ3n) is 4.18. The molecule has 0 unspecified atom stereocenters. The van der Waals surface area contributed by atoms with E-state index in [9.17, 15) is 0 Å². The molecular weight excluding hydrogens is 312 g/mol. The van der Waals surface area contributed by atoms with Crippen molar-refractivity contribution in [1.29, 1.82) is 0 Å². The van der Waals surface area contributed by atoms with Gasteiger partial charge in [-0.2, -0.15) is 9.61 Å². The van der Waals surface area contributed by atoms with Gasteiger partial charge in [0.1, 0.15) is 5.82 Å². The molecule has 0 aliphatic heterocycles. The van der Waals surface area contributed by atoms with Crippen molar-refractivity contribution in [1.82, 2.24) is 19.2 Å². The fourth-order valence-corrected chi connectivity index (χ4v) is 2.86. The van der Waals surface area contributed by atoms with E-state index in [1.807, 2.05) is 67.0 Å². The maximum Gasteiger partial charge on any atom is 0.165 e. The van der Waals surface area contributed by atoms with Crippen LogP contribution in [0.2, 0.25) is 0 Å². The van der Waals surface area contributed by atoms with Crippen molar-refractivity contribution in [2.45, 2.75) is 0 Å². The second-order valence-electron chi connectivity index (χ2n) is 6.26. The zero-order valence-corrected chi connectivity index (χ0v) is 14.5. The van der Waals surface area contributed by atoms with Gasteiger partial charge in [-0.15, -0.1) is 0 Å². The van der Waals surface area contributed by atoms with Crippen LogP contribution in [0.25, 0.3) is 16.8 Å². The standard InChI is InChI=1S/C19H20N6/c1-23(2)16-6-4-5-15(11-16)22-18-7-9-20-19-17(12-21-25(18)19)14-8-10-24(3)13-14/h4-13,22H,1-3H3. The first kappa shape index (κ1) is 15.3. The first-order valence-corrected chi connectivity index (χ1v) is 8.11. The van der Waals surface area contributed by atoms with Crippen molar-refractivity contribution in [2.75, 3.05) is 24.3 Å². The Morgan fingerprint density at radius 1 is 1.12 bits per heavy atom. The number of hydrogen-bond acceptors (Lipinski definition) is 4. The van der Waals surface area contributed by atoms with E-state index >= 15 is 0 Å². The van der Waals surface area contributed by atoms with Gasteiger partial charge in [-0.05, 0) is 30.3 Å². The summed E-state index contributed by atoms with van der Waals surface area (Å²) in [6.07, 6.45) is 7.76. The van der Waals surface area contributed by atoms with Crippen LogP contribution in [0.15, 0.2) is 61.2 Å². The first-order valence-electron chi connectivity index (χ1n) is 8.11. The number of hydrogen-bond donors (Lipinski definition) is 1. The minimum atomic E-state index is 0.833. The van der Waals surface area contributed by atoms with E-state index < -0.39 is 0 Å². The number of benzene rings is 1. The predicted octanol–water partition coefficient (Wildman–Crippen LogP) is 3.54. The highest BCUT2D eigenvalue weighted by Crippen LogP contribution is 2.27. The van der Waals surface area contributed by atoms with Gasteiger partial charge in [-0.1, -0.05) is 6.07 Å². The molecule has 4 aromatic rings. The normalized spacial score (nSPS) is 11.0. The maximum absolute atomic E-state index is 4.53. The van der Waals surface area contributed by atoms with Gasteiger partial charge in [0.05, 0.1) is 6.20 Å². The molecule has 3 heterocycles. The zero-order valence-electron chi connectivity index (χ0n) is 14.5. The van der Waals surface area contributed by atoms with Gasteiger partial charge in [-0.25, -0.2) is 4.98 Å². The lowest BCUT2D eigenvalue weighted by molar-refractivity contribution is 0.928. The molecule has 0 aliphatic carbocycles. The van der Waals surface area contributed by atoms with Crippen molar-refractivity contribution in [3.63, 3.8) is 0 Å². The summed E-state index contributed by atoms with van der Waals surface area (Å²) in [5, 5.41) is 7.97. The second-order valence-corrected chi connectivity index (χ2v) is 6.26. The molecule has 0 amide bonds. The summed E-state index contributed by atoms with van der Waals surface area (Å²) >= 11 is 0. The number of aryl methyl sites for hydroxylation is 1. The van der Waals surface area contributed by atoms with Crippen LogP contribution in [0.4, 0.5) is 17.2 Å². The van der Waals surface area contributed by atoms with Gasteiger partial charge in [0.25, 0.3) is 0 Å². The number of nitrogens with zero attached hydrogens (tertiary/aromatic N) is 5. The Hall–Kier alpha value is -3.28. The van der Waals surface area contributed by atoms with Gasteiger partial charge in [0.15, 0.2) is 5.65 Å². The highest BCUT2D eigenvalue weighted by atomic mass is 15.3. The third kappa shape index (κ3) is 2.82. The van der Waals surface area contributed by atoms with Crippen LogP contribution in [0, 0.1) is 0 Å². The molecule has 6 nitrogen and oxygen atoms in total. The fraction of sp³-hybridized carbons (Fsp3) is 0.158. The molecule has 6 heteroatoms. The molecule has 0 saturated heterocycles. The Kier molecular flexibility index (Phi) is 3.65. The van der Waals surface area contributed by atoms with Crippen LogP contribution < -0.4 is 10.2 Å². The molecule has 0 saturated carbocycles. The molecule has 0 atom stereocenters. The van der Waals surface area contributed by atoms with E-state index in [1.165, 1.54) is 0 Å². The van der Waals surface area contributed by atoms with E-state index in [0.717, 1.165) is 34.0 Å². The van der Waals surface area contributed by atoms with Gasteiger partial charge >= 0.3 is 0 Å². The van der Waals surface area contributed by atoms with E-state index in [1.54, 1.807) is 0 Å².